The summed E-state index contributed by atoms with van der Waals surface area (Å²) in [6, 6.07) is 4.20. The molecule has 2 rings (SSSR count). The Balaban J connectivity index is 2.07. The van der Waals surface area contributed by atoms with Crippen molar-refractivity contribution < 1.29 is 14.3 Å². The summed E-state index contributed by atoms with van der Waals surface area (Å²) < 4.78 is 5.55. The molecule has 1 aromatic heterocycles. The van der Waals surface area contributed by atoms with Gasteiger partial charge in [0.15, 0.2) is 11.5 Å². The normalized spacial score (nSPS) is 19.3. The van der Waals surface area contributed by atoms with Crippen LogP contribution in [0.4, 0.5) is 0 Å². The maximum Gasteiger partial charge on any atom is 0.289 e. The maximum atomic E-state index is 12.7. The van der Waals surface area contributed by atoms with Crippen molar-refractivity contribution in [2.24, 2.45) is 0 Å². The highest BCUT2D eigenvalue weighted by Gasteiger charge is 2.31. The van der Waals surface area contributed by atoms with E-state index < -0.39 is 5.60 Å². The molecule has 1 unspecified atom stereocenters. The monoisotopic (exact) mass is 332 g/mol. The first-order chi connectivity index (χ1) is 11.2. The minimum atomic E-state index is -1.08. The summed E-state index contributed by atoms with van der Waals surface area (Å²) in [6.45, 7) is 12.1. The second-order valence-corrected chi connectivity index (χ2v) is 7.12. The van der Waals surface area contributed by atoms with Gasteiger partial charge in [-0.2, -0.15) is 0 Å². The van der Waals surface area contributed by atoms with Gasteiger partial charge in [-0.3, -0.25) is 9.69 Å². The highest BCUT2D eigenvalue weighted by molar-refractivity contribution is 5.91. The van der Waals surface area contributed by atoms with Crippen LogP contribution in [0.1, 0.15) is 57.4 Å². The molecule has 1 aliphatic rings. The van der Waals surface area contributed by atoms with Gasteiger partial charge in [-0.05, 0) is 52.2 Å². The van der Waals surface area contributed by atoms with Crippen molar-refractivity contribution in [2.75, 3.05) is 19.6 Å². The number of furan rings is 1. The van der Waals surface area contributed by atoms with Crippen LogP contribution >= 0.6 is 0 Å². The van der Waals surface area contributed by atoms with E-state index in [1.54, 1.807) is 26.0 Å². The van der Waals surface area contributed by atoms with Gasteiger partial charge in [0.2, 0.25) is 0 Å². The first kappa shape index (κ1) is 18.6. The van der Waals surface area contributed by atoms with Crippen LogP contribution in [0.5, 0.6) is 0 Å². The zero-order chi connectivity index (χ0) is 17.9. The molecule has 0 aromatic carbocycles. The van der Waals surface area contributed by atoms with E-state index in [0.29, 0.717) is 30.1 Å². The zero-order valence-corrected chi connectivity index (χ0v) is 15.3. The predicted molar refractivity (Wildman–Crippen MR) is 93.7 cm³/mol. The van der Waals surface area contributed by atoms with Crippen molar-refractivity contribution in [1.29, 1.82) is 0 Å². The molecule has 5 nitrogen and oxygen atoms in total. The summed E-state index contributed by atoms with van der Waals surface area (Å²) in [5, 5.41) is 9.63. The van der Waals surface area contributed by atoms with Crippen molar-refractivity contribution >= 4 is 5.91 Å². The van der Waals surface area contributed by atoms with Crippen LogP contribution in [0.2, 0.25) is 0 Å². The molecule has 1 N–H and O–H groups in total. The molecule has 5 heteroatoms. The molecule has 0 saturated carbocycles. The van der Waals surface area contributed by atoms with Gasteiger partial charge in [0.1, 0.15) is 5.60 Å². The van der Waals surface area contributed by atoms with Crippen molar-refractivity contribution in [3.63, 3.8) is 0 Å². The number of carbonyl (C=O) groups is 1. The fourth-order valence-electron chi connectivity index (χ4n) is 2.99. The standard InChI is InChI=1S/C19H28N2O3/c1-6-15-13-20(11-12-21(15)14(2)3)18(22)17-8-7-16(24-17)9-10-19(4,5)23/h7-8,14-15,23H,6,11-13H2,1-5H3. The Labute approximate surface area is 144 Å². The molecule has 0 spiro atoms. The van der Waals surface area contributed by atoms with Crippen LogP contribution in [0.25, 0.3) is 0 Å². The first-order valence-electron chi connectivity index (χ1n) is 8.61. The van der Waals surface area contributed by atoms with E-state index in [0.717, 1.165) is 19.5 Å². The van der Waals surface area contributed by atoms with Gasteiger partial charge in [0.25, 0.3) is 5.91 Å². The molecule has 1 saturated heterocycles. The molecular formula is C19H28N2O3. The molecule has 132 valence electrons. The van der Waals surface area contributed by atoms with Gasteiger partial charge in [-0.25, -0.2) is 0 Å². The van der Waals surface area contributed by atoms with Crippen LogP contribution in [0.15, 0.2) is 16.5 Å². The van der Waals surface area contributed by atoms with Gasteiger partial charge in [-0.1, -0.05) is 12.8 Å². The number of rotatable bonds is 3. The lowest BCUT2D eigenvalue weighted by Gasteiger charge is -2.43. The molecule has 0 aliphatic carbocycles. The minimum Gasteiger partial charge on any atom is -0.443 e. The number of aliphatic hydroxyl groups is 1. The van der Waals surface area contributed by atoms with E-state index >= 15 is 0 Å². The Morgan fingerprint density at radius 2 is 2.12 bits per heavy atom. The third kappa shape index (κ3) is 4.62. The van der Waals surface area contributed by atoms with Crippen LogP contribution in [0, 0.1) is 11.8 Å². The lowest BCUT2D eigenvalue weighted by atomic mass is 10.1. The highest BCUT2D eigenvalue weighted by Crippen LogP contribution is 2.19. The molecule has 0 radical (unpaired) electrons. The van der Waals surface area contributed by atoms with Crippen molar-refractivity contribution in [3.05, 3.63) is 23.7 Å². The van der Waals surface area contributed by atoms with Gasteiger partial charge >= 0.3 is 0 Å². The topological polar surface area (TPSA) is 56.9 Å². The Morgan fingerprint density at radius 3 is 2.71 bits per heavy atom. The third-order valence-corrected chi connectivity index (χ3v) is 4.26. The Morgan fingerprint density at radius 1 is 1.42 bits per heavy atom. The number of hydrogen-bond donors (Lipinski definition) is 1. The lowest BCUT2D eigenvalue weighted by molar-refractivity contribution is 0.0349. The quantitative estimate of drug-likeness (QED) is 0.863. The highest BCUT2D eigenvalue weighted by atomic mass is 16.4. The average molecular weight is 332 g/mol. The van der Waals surface area contributed by atoms with Gasteiger partial charge in [0, 0.05) is 31.7 Å². The van der Waals surface area contributed by atoms with Crippen molar-refractivity contribution in [1.82, 2.24) is 9.80 Å². The van der Waals surface area contributed by atoms with E-state index in [9.17, 15) is 9.90 Å². The molecule has 0 bridgehead atoms. The largest absolute Gasteiger partial charge is 0.443 e. The summed E-state index contributed by atoms with van der Waals surface area (Å²) >= 11 is 0. The van der Waals surface area contributed by atoms with E-state index in [2.05, 4.69) is 37.5 Å². The van der Waals surface area contributed by atoms with E-state index in [1.807, 2.05) is 4.90 Å². The van der Waals surface area contributed by atoms with Crippen molar-refractivity contribution in [3.8, 4) is 11.8 Å². The predicted octanol–water partition coefficient (Wildman–Crippen LogP) is 2.35. The van der Waals surface area contributed by atoms with Gasteiger partial charge in [-0.15, -0.1) is 0 Å². The smallest absolute Gasteiger partial charge is 0.289 e. The zero-order valence-electron chi connectivity index (χ0n) is 15.3. The first-order valence-corrected chi connectivity index (χ1v) is 8.61. The molecule has 1 aromatic rings. The fraction of sp³-hybridized carbons (Fsp3) is 0.632. The molecular weight excluding hydrogens is 304 g/mol. The van der Waals surface area contributed by atoms with E-state index in [-0.39, 0.29) is 5.91 Å². The molecule has 2 heterocycles. The number of carbonyl (C=O) groups excluding carboxylic acids is 1. The SMILES string of the molecule is CCC1CN(C(=O)c2ccc(C#CC(C)(C)O)o2)CCN1C(C)C. The lowest BCUT2D eigenvalue weighted by Crippen LogP contribution is -2.56. The third-order valence-electron chi connectivity index (χ3n) is 4.26. The molecule has 1 fully saturated rings. The summed E-state index contributed by atoms with van der Waals surface area (Å²) in [6.07, 6.45) is 1.02. The maximum absolute atomic E-state index is 12.7. The van der Waals surface area contributed by atoms with Crippen molar-refractivity contribution in [2.45, 2.75) is 58.7 Å². The Kier molecular flexibility index (Phi) is 5.74. The Bertz CT molecular complexity index is 631. The number of nitrogens with zero attached hydrogens (tertiary/aromatic N) is 2. The number of piperazine rings is 1. The second kappa shape index (κ2) is 7.42. The average Bonchev–Trinajstić information content (AvgIpc) is 2.99. The van der Waals surface area contributed by atoms with Crippen LogP contribution < -0.4 is 0 Å². The van der Waals surface area contributed by atoms with Crippen LogP contribution in [0.3, 0.4) is 0 Å². The van der Waals surface area contributed by atoms with E-state index in [4.69, 9.17) is 4.42 Å². The molecule has 1 atom stereocenters. The molecule has 1 aliphatic heterocycles. The van der Waals surface area contributed by atoms with Crippen LogP contribution in [-0.4, -0.2) is 58.1 Å². The Hall–Kier alpha value is -1.77. The summed E-state index contributed by atoms with van der Waals surface area (Å²) in [7, 11) is 0. The summed E-state index contributed by atoms with van der Waals surface area (Å²) in [5.41, 5.74) is -1.08. The van der Waals surface area contributed by atoms with Gasteiger partial charge < -0.3 is 14.4 Å². The summed E-state index contributed by atoms with van der Waals surface area (Å²) in [5.74, 6) is 6.06. The van der Waals surface area contributed by atoms with Crippen LogP contribution in [-0.2, 0) is 0 Å². The number of hydrogen-bond acceptors (Lipinski definition) is 4. The van der Waals surface area contributed by atoms with E-state index in [1.165, 1.54) is 0 Å². The molecule has 1 amide bonds. The minimum absolute atomic E-state index is 0.0897. The number of amides is 1. The fourth-order valence-corrected chi connectivity index (χ4v) is 2.99. The second-order valence-electron chi connectivity index (χ2n) is 7.12. The molecule has 24 heavy (non-hydrogen) atoms. The summed E-state index contributed by atoms with van der Waals surface area (Å²) in [4.78, 5) is 17.0. The van der Waals surface area contributed by atoms with Gasteiger partial charge in [0.05, 0.1) is 0 Å².